The summed E-state index contributed by atoms with van der Waals surface area (Å²) in [4.78, 5) is 25.2. The third kappa shape index (κ3) is 7.47. The van der Waals surface area contributed by atoms with Crippen LogP contribution in [0, 0.1) is 0 Å². The largest absolute Gasteiger partial charge is 0.423 e. The lowest BCUT2D eigenvalue weighted by atomic mass is 10.2. The van der Waals surface area contributed by atoms with Crippen molar-refractivity contribution in [2.45, 2.75) is 0 Å². The third-order valence-corrected chi connectivity index (χ3v) is 5.30. The van der Waals surface area contributed by atoms with Gasteiger partial charge in [-0.25, -0.2) is 9.59 Å². The van der Waals surface area contributed by atoms with Gasteiger partial charge in [-0.05, 0) is 66.8 Å². The highest BCUT2D eigenvalue weighted by atomic mass is 35.5. The van der Waals surface area contributed by atoms with Crippen molar-refractivity contribution in [3.8, 4) is 11.5 Å². The molecule has 4 rings (SSSR count). The molecule has 4 aromatic carbocycles. The molecule has 7 nitrogen and oxygen atoms in total. The highest BCUT2D eigenvalue weighted by molar-refractivity contribution is 7.80. The van der Waals surface area contributed by atoms with E-state index in [1.54, 1.807) is 97.1 Å². The molecule has 0 atom stereocenters. The lowest BCUT2D eigenvalue weighted by molar-refractivity contribution is 0.0732. The molecule has 0 saturated heterocycles. The predicted octanol–water partition coefficient (Wildman–Crippen LogP) is 6.10. The maximum Gasteiger partial charge on any atom is 0.343 e. The Morgan fingerprint density at radius 2 is 1.43 bits per heavy atom. The van der Waals surface area contributed by atoms with E-state index in [1.807, 2.05) is 0 Å². The number of anilines is 1. The van der Waals surface area contributed by atoms with E-state index in [0.717, 1.165) is 0 Å². The first-order valence-electron chi connectivity index (χ1n) is 11.0. The summed E-state index contributed by atoms with van der Waals surface area (Å²) in [6, 6.07) is 28.8. The van der Waals surface area contributed by atoms with Crippen molar-refractivity contribution < 1.29 is 19.1 Å². The Balaban J connectivity index is 1.51. The molecule has 0 unspecified atom stereocenters. The highest BCUT2D eigenvalue weighted by Gasteiger charge is 2.14. The molecule has 2 N–H and O–H groups in total. The summed E-state index contributed by atoms with van der Waals surface area (Å²) in [6.07, 6.45) is 1.43. The van der Waals surface area contributed by atoms with Crippen LogP contribution in [0.15, 0.2) is 108 Å². The van der Waals surface area contributed by atoms with Crippen LogP contribution < -0.4 is 20.2 Å². The maximum atomic E-state index is 12.7. The number of carbonyl (C=O) groups is 2. The van der Waals surface area contributed by atoms with E-state index in [4.69, 9.17) is 33.3 Å². The van der Waals surface area contributed by atoms with Crippen molar-refractivity contribution in [1.29, 1.82) is 0 Å². The van der Waals surface area contributed by atoms with Crippen LogP contribution in [0.4, 0.5) is 5.69 Å². The molecule has 0 saturated carbocycles. The molecule has 184 valence electrons. The summed E-state index contributed by atoms with van der Waals surface area (Å²) in [5, 5.41) is 7.89. The summed E-state index contributed by atoms with van der Waals surface area (Å²) in [6.45, 7) is 0. The number of esters is 2. The lowest BCUT2D eigenvalue weighted by Gasteiger charge is -2.11. The normalized spacial score (nSPS) is 10.5. The number of nitrogens with one attached hydrogen (secondary N) is 2. The molecule has 0 heterocycles. The summed E-state index contributed by atoms with van der Waals surface area (Å²) in [5.41, 5.74) is 4.60. The van der Waals surface area contributed by atoms with E-state index in [9.17, 15) is 9.59 Å². The molecule has 37 heavy (non-hydrogen) atoms. The van der Waals surface area contributed by atoms with Crippen LogP contribution in [0.2, 0.25) is 5.02 Å². The van der Waals surface area contributed by atoms with Crippen molar-refractivity contribution in [3.63, 3.8) is 0 Å². The quantitative estimate of drug-likeness (QED) is 0.0983. The molecule has 0 amide bonds. The fraction of sp³-hybridized carbons (Fsp3) is 0. The standard InChI is InChI=1S/C28H20ClN3O4S/c29-22-12-7-13-23(16-22)31-28(37)32-30-18-21-14-15-24(35-26(33)19-8-3-1-4-9-19)17-25(21)36-27(34)20-10-5-2-6-11-20/h1-18H,(H2,31,32,37)/b30-18+. The van der Waals surface area contributed by atoms with Gasteiger partial charge in [-0.1, -0.05) is 54.1 Å². The molecule has 0 aliphatic heterocycles. The van der Waals surface area contributed by atoms with Crippen LogP contribution in [-0.2, 0) is 0 Å². The van der Waals surface area contributed by atoms with Gasteiger partial charge in [-0.15, -0.1) is 0 Å². The smallest absolute Gasteiger partial charge is 0.343 e. The minimum atomic E-state index is -0.576. The monoisotopic (exact) mass is 529 g/mol. The Morgan fingerprint density at radius 1 is 0.784 bits per heavy atom. The SMILES string of the molecule is O=C(Oc1ccc(/C=N/NC(=S)Nc2cccc(Cl)c2)c(OC(=O)c2ccccc2)c1)c1ccccc1. The Morgan fingerprint density at radius 3 is 2.08 bits per heavy atom. The number of rotatable bonds is 7. The maximum absolute atomic E-state index is 12.7. The van der Waals surface area contributed by atoms with E-state index in [0.29, 0.717) is 27.4 Å². The first-order valence-corrected chi connectivity index (χ1v) is 11.8. The first kappa shape index (κ1) is 25.6. The molecule has 0 aliphatic rings. The molecule has 0 fully saturated rings. The lowest BCUT2D eigenvalue weighted by Crippen LogP contribution is -2.23. The average Bonchev–Trinajstić information content (AvgIpc) is 2.91. The Hall–Kier alpha value is -4.53. The zero-order valence-corrected chi connectivity index (χ0v) is 20.8. The van der Waals surface area contributed by atoms with Crippen LogP contribution in [0.3, 0.4) is 0 Å². The second kappa shape index (κ2) is 12.4. The second-order valence-electron chi connectivity index (χ2n) is 7.55. The van der Waals surface area contributed by atoms with Crippen LogP contribution in [0.25, 0.3) is 0 Å². The van der Waals surface area contributed by atoms with Crippen LogP contribution in [0.1, 0.15) is 26.3 Å². The number of hydrazone groups is 1. The summed E-state index contributed by atoms with van der Waals surface area (Å²) >= 11 is 11.2. The number of halogens is 1. The Kier molecular flexibility index (Phi) is 8.59. The van der Waals surface area contributed by atoms with Crippen molar-refractivity contribution in [3.05, 3.63) is 125 Å². The molecular weight excluding hydrogens is 510 g/mol. The molecular formula is C28H20ClN3O4S. The number of ether oxygens (including phenoxy) is 2. The minimum absolute atomic E-state index is 0.145. The topological polar surface area (TPSA) is 89.0 Å². The zero-order valence-electron chi connectivity index (χ0n) is 19.3. The van der Waals surface area contributed by atoms with E-state index in [1.165, 1.54) is 12.3 Å². The van der Waals surface area contributed by atoms with Gasteiger partial charge in [0.05, 0.1) is 17.3 Å². The molecule has 0 spiro atoms. The number of thiocarbonyl (C=S) groups is 1. The van der Waals surface area contributed by atoms with Gasteiger partial charge in [0.15, 0.2) is 5.11 Å². The summed E-state index contributed by atoms with van der Waals surface area (Å²) in [7, 11) is 0. The molecule has 0 bridgehead atoms. The fourth-order valence-corrected chi connectivity index (χ4v) is 3.49. The zero-order chi connectivity index (χ0) is 26.0. The number of carbonyl (C=O) groups excluding carboxylic acids is 2. The van der Waals surface area contributed by atoms with Crippen LogP contribution >= 0.6 is 23.8 Å². The van der Waals surface area contributed by atoms with Gasteiger partial charge in [0, 0.05) is 22.3 Å². The van der Waals surface area contributed by atoms with Gasteiger partial charge >= 0.3 is 11.9 Å². The Bertz CT molecular complexity index is 1450. The van der Waals surface area contributed by atoms with Gasteiger partial charge in [-0.3, -0.25) is 5.43 Å². The number of hydrogen-bond acceptors (Lipinski definition) is 6. The van der Waals surface area contributed by atoms with Crippen LogP contribution in [-0.4, -0.2) is 23.3 Å². The van der Waals surface area contributed by atoms with Gasteiger partial charge in [0.1, 0.15) is 11.5 Å². The van der Waals surface area contributed by atoms with E-state index in [2.05, 4.69) is 15.8 Å². The molecule has 0 aromatic heterocycles. The number of nitrogens with zero attached hydrogens (tertiary/aromatic N) is 1. The molecule has 4 aromatic rings. The van der Waals surface area contributed by atoms with Gasteiger partial charge in [0.25, 0.3) is 0 Å². The minimum Gasteiger partial charge on any atom is -0.423 e. The van der Waals surface area contributed by atoms with Crippen molar-refractivity contribution in [2.24, 2.45) is 5.10 Å². The van der Waals surface area contributed by atoms with Gasteiger partial charge < -0.3 is 14.8 Å². The van der Waals surface area contributed by atoms with Gasteiger partial charge in [0.2, 0.25) is 0 Å². The Labute approximate surface area is 223 Å². The highest BCUT2D eigenvalue weighted by Crippen LogP contribution is 2.26. The van der Waals surface area contributed by atoms with E-state index < -0.39 is 11.9 Å². The first-order chi connectivity index (χ1) is 18.0. The van der Waals surface area contributed by atoms with E-state index in [-0.39, 0.29) is 16.6 Å². The third-order valence-electron chi connectivity index (χ3n) is 4.87. The molecule has 9 heteroatoms. The van der Waals surface area contributed by atoms with Crippen LogP contribution in [0.5, 0.6) is 11.5 Å². The van der Waals surface area contributed by atoms with Crippen molar-refractivity contribution in [1.82, 2.24) is 5.43 Å². The molecule has 0 aliphatic carbocycles. The van der Waals surface area contributed by atoms with E-state index >= 15 is 0 Å². The molecule has 0 radical (unpaired) electrons. The van der Waals surface area contributed by atoms with Crippen molar-refractivity contribution in [2.75, 3.05) is 5.32 Å². The summed E-state index contributed by atoms with van der Waals surface area (Å²) in [5.74, 6) is -0.770. The van der Waals surface area contributed by atoms with Gasteiger partial charge in [-0.2, -0.15) is 5.10 Å². The number of benzene rings is 4. The van der Waals surface area contributed by atoms with Crippen molar-refractivity contribution >= 4 is 52.8 Å². The predicted molar refractivity (Wildman–Crippen MR) is 148 cm³/mol. The fourth-order valence-electron chi connectivity index (χ4n) is 3.13. The number of hydrogen-bond donors (Lipinski definition) is 2. The second-order valence-corrected chi connectivity index (χ2v) is 8.39. The summed E-state index contributed by atoms with van der Waals surface area (Å²) < 4.78 is 11.1. The average molecular weight is 530 g/mol.